The molecule has 92 valence electrons. The van der Waals surface area contributed by atoms with E-state index < -0.39 is 11.9 Å². The van der Waals surface area contributed by atoms with Gasteiger partial charge in [0.15, 0.2) is 0 Å². The molecule has 2 aromatic heterocycles. The maximum Gasteiger partial charge on any atom is 0.339 e. The molecular weight excluding hydrogens is 238 g/mol. The van der Waals surface area contributed by atoms with E-state index in [1.54, 1.807) is 6.92 Å². The number of aromatic nitrogens is 4. The minimum atomic E-state index is -1.10. The number of carboxylic acid groups (broad SMARTS) is 1. The molecule has 8 nitrogen and oxygen atoms in total. The minimum Gasteiger partial charge on any atom is -0.478 e. The Balaban J connectivity index is 2.42. The molecule has 0 fully saturated rings. The van der Waals surface area contributed by atoms with Gasteiger partial charge in [0.2, 0.25) is 0 Å². The lowest BCUT2D eigenvalue weighted by atomic mass is 10.2. The zero-order chi connectivity index (χ0) is 13.3. The lowest BCUT2D eigenvalue weighted by molar-refractivity contribution is 0.0695. The van der Waals surface area contributed by atoms with Crippen molar-refractivity contribution < 1.29 is 14.7 Å². The van der Waals surface area contributed by atoms with Gasteiger partial charge in [-0.25, -0.2) is 19.4 Å². The molecule has 0 aliphatic rings. The number of amides is 1. The van der Waals surface area contributed by atoms with Crippen molar-refractivity contribution in [1.29, 1.82) is 0 Å². The fourth-order valence-corrected chi connectivity index (χ4v) is 1.33. The average Bonchev–Trinajstić information content (AvgIpc) is 2.77. The summed E-state index contributed by atoms with van der Waals surface area (Å²) in [6, 6.07) is 0. The van der Waals surface area contributed by atoms with Gasteiger partial charge in [-0.2, -0.15) is 5.10 Å². The number of nitrogens with two attached hydrogens (primary N) is 1. The molecule has 0 atom stereocenters. The zero-order valence-corrected chi connectivity index (χ0v) is 9.36. The number of rotatable bonds is 3. The Morgan fingerprint density at radius 3 is 2.61 bits per heavy atom. The van der Waals surface area contributed by atoms with Crippen molar-refractivity contribution >= 4 is 11.9 Å². The lowest BCUT2D eigenvalue weighted by Gasteiger charge is -2.02. The van der Waals surface area contributed by atoms with Gasteiger partial charge in [0, 0.05) is 12.4 Å². The average molecular weight is 247 g/mol. The molecule has 18 heavy (non-hydrogen) atoms. The van der Waals surface area contributed by atoms with Crippen molar-refractivity contribution in [3.8, 4) is 5.95 Å². The third kappa shape index (κ3) is 2.03. The van der Waals surface area contributed by atoms with Crippen LogP contribution in [0.5, 0.6) is 0 Å². The molecule has 2 aromatic rings. The predicted octanol–water partition coefficient (Wildman–Crippen LogP) is -0.232. The maximum atomic E-state index is 10.9. The third-order valence-corrected chi connectivity index (χ3v) is 2.27. The summed E-state index contributed by atoms with van der Waals surface area (Å²) in [7, 11) is 0. The largest absolute Gasteiger partial charge is 0.478 e. The first-order valence-electron chi connectivity index (χ1n) is 4.91. The summed E-state index contributed by atoms with van der Waals surface area (Å²) in [6.07, 6.45) is 3.84. The van der Waals surface area contributed by atoms with E-state index in [0.717, 1.165) is 0 Å². The van der Waals surface area contributed by atoms with Gasteiger partial charge in [-0.1, -0.05) is 0 Å². The van der Waals surface area contributed by atoms with Crippen molar-refractivity contribution in [3.63, 3.8) is 0 Å². The highest BCUT2D eigenvalue weighted by Gasteiger charge is 2.12. The van der Waals surface area contributed by atoms with E-state index in [-0.39, 0.29) is 17.1 Å². The van der Waals surface area contributed by atoms with Crippen LogP contribution < -0.4 is 5.73 Å². The number of aryl methyl sites for hydroxylation is 1. The van der Waals surface area contributed by atoms with E-state index in [1.807, 2.05) is 0 Å². The first-order valence-corrected chi connectivity index (χ1v) is 4.91. The third-order valence-electron chi connectivity index (χ3n) is 2.27. The van der Waals surface area contributed by atoms with Gasteiger partial charge in [0.25, 0.3) is 11.9 Å². The number of carboxylic acids is 1. The molecule has 0 aromatic carbocycles. The van der Waals surface area contributed by atoms with Gasteiger partial charge in [-0.3, -0.25) is 4.79 Å². The maximum absolute atomic E-state index is 10.9. The van der Waals surface area contributed by atoms with E-state index in [0.29, 0.717) is 5.69 Å². The molecule has 2 heterocycles. The van der Waals surface area contributed by atoms with Gasteiger partial charge in [0.1, 0.15) is 0 Å². The Morgan fingerprint density at radius 1 is 1.39 bits per heavy atom. The number of carbonyl (C=O) groups is 2. The molecule has 0 aliphatic heterocycles. The first kappa shape index (κ1) is 11.7. The van der Waals surface area contributed by atoms with Crippen LogP contribution in [-0.4, -0.2) is 36.7 Å². The second kappa shape index (κ2) is 4.24. The Bertz CT molecular complexity index is 634. The van der Waals surface area contributed by atoms with E-state index in [2.05, 4.69) is 15.1 Å². The molecule has 0 radical (unpaired) electrons. The van der Waals surface area contributed by atoms with Crippen molar-refractivity contribution in [2.45, 2.75) is 6.92 Å². The molecule has 0 spiro atoms. The molecule has 0 aliphatic carbocycles. The Hall–Kier alpha value is -2.77. The lowest BCUT2D eigenvalue weighted by Crippen LogP contribution is -2.10. The van der Waals surface area contributed by atoms with Crippen LogP contribution in [0.2, 0.25) is 0 Å². The van der Waals surface area contributed by atoms with Crippen LogP contribution in [0.15, 0.2) is 18.6 Å². The zero-order valence-electron chi connectivity index (χ0n) is 9.36. The van der Waals surface area contributed by atoms with Crippen LogP contribution in [0, 0.1) is 6.92 Å². The summed E-state index contributed by atoms with van der Waals surface area (Å²) < 4.78 is 1.25. The molecule has 2 rings (SSSR count). The number of nitrogens with zero attached hydrogens (tertiary/aromatic N) is 4. The quantitative estimate of drug-likeness (QED) is 0.771. The van der Waals surface area contributed by atoms with Crippen molar-refractivity contribution in [2.24, 2.45) is 5.73 Å². The normalized spacial score (nSPS) is 10.3. The molecule has 3 N–H and O–H groups in total. The highest BCUT2D eigenvalue weighted by atomic mass is 16.4. The summed E-state index contributed by atoms with van der Waals surface area (Å²) in [5.41, 5.74) is 5.63. The van der Waals surface area contributed by atoms with Gasteiger partial charge in [0.05, 0.1) is 23.0 Å². The second-order valence-electron chi connectivity index (χ2n) is 3.51. The van der Waals surface area contributed by atoms with Gasteiger partial charge in [-0.15, -0.1) is 0 Å². The number of carbonyl (C=O) groups excluding carboxylic acids is 1. The first-order chi connectivity index (χ1) is 8.49. The summed E-state index contributed by atoms with van der Waals surface area (Å²) >= 11 is 0. The van der Waals surface area contributed by atoms with Crippen LogP contribution >= 0.6 is 0 Å². The molecule has 0 saturated carbocycles. The van der Waals surface area contributed by atoms with Crippen LogP contribution in [0.1, 0.15) is 26.4 Å². The molecule has 0 bridgehead atoms. The second-order valence-corrected chi connectivity index (χ2v) is 3.51. The highest BCUT2D eigenvalue weighted by molar-refractivity contribution is 5.92. The van der Waals surface area contributed by atoms with Crippen LogP contribution in [0.25, 0.3) is 5.95 Å². The molecule has 0 unspecified atom stereocenters. The highest BCUT2D eigenvalue weighted by Crippen LogP contribution is 2.07. The van der Waals surface area contributed by atoms with E-state index in [9.17, 15) is 9.59 Å². The standard InChI is InChI=1S/C10H9N5O3/c1-5-7(9(17)18)3-12-10(14-5)15-4-6(2-13-15)8(11)16/h2-4H,1H3,(H2,11,16)(H,17,18). The van der Waals surface area contributed by atoms with Gasteiger partial charge >= 0.3 is 5.97 Å². The fourth-order valence-electron chi connectivity index (χ4n) is 1.33. The van der Waals surface area contributed by atoms with Gasteiger partial charge in [-0.05, 0) is 6.92 Å². The van der Waals surface area contributed by atoms with Crippen LogP contribution in [0.3, 0.4) is 0 Å². The summed E-state index contributed by atoms with van der Waals surface area (Å²) in [5, 5.41) is 12.7. The van der Waals surface area contributed by atoms with Crippen molar-refractivity contribution in [3.05, 3.63) is 35.4 Å². The van der Waals surface area contributed by atoms with E-state index >= 15 is 0 Å². The van der Waals surface area contributed by atoms with Crippen LogP contribution in [0.4, 0.5) is 0 Å². The Kier molecular flexibility index (Phi) is 2.76. The molecule has 0 saturated heterocycles. The van der Waals surface area contributed by atoms with E-state index in [4.69, 9.17) is 10.8 Å². The molecular formula is C10H9N5O3. The summed E-state index contributed by atoms with van der Waals surface area (Å²) in [6.45, 7) is 1.55. The number of hydrogen-bond donors (Lipinski definition) is 2. The van der Waals surface area contributed by atoms with Crippen molar-refractivity contribution in [1.82, 2.24) is 19.7 Å². The van der Waals surface area contributed by atoms with Gasteiger partial charge < -0.3 is 10.8 Å². The monoisotopic (exact) mass is 247 g/mol. The summed E-state index contributed by atoms with van der Waals surface area (Å²) in [5.74, 6) is -1.54. The number of aromatic carboxylic acids is 1. The fraction of sp³-hybridized carbons (Fsp3) is 0.100. The SMILES string of the molecule is Cc1nc(-n2cc(C(N)=O)cn2)ncc1C(=O)O. The number of hydrogen-bond acceptors (Lipinski definition) is 5. The smallest absolute Gasteiger partial charge is 0.339 e. The van der Waals surface area contributed by atoms with E-state index in [1.165, 1.54) is 23.3 Å². The number of primary amides is 1. The predicted molar refractivity (Wildman–Crippen MR) is 59.4 cm³/mol. The Labute approximate surface area is 101 Å². The van der Waals surface area contributed by atoms with Crippen molar-refractivity contribution in [2.75, 3.05) is 0 Å². The van der Waals surface area contributed by atoms with Crippen LogP contribution in [-0.2, 0) is 0 Å². The molecule has 1 amide bonds. The topological polar surface area (TPSA) is 124 Å². The Morgan fingerprint density at radius 2 is 2.11 bits per heavy atom. The minimum absolute atomic E-state index is 0.0148. The summed E-state index contributed by atoms with van der Waals surface area (Å²) in [4.78, 5) is 29.6. The molecule has 8 heteroatoms.